The van der Waals surface area contributed by atoms with Crippen molar-refractivity contribution < 1.29 is 9.47 Å². The fraction of sp³-hybridized carbons (Fsp3) is 0.364. The zero-order valence-electron chi connectivity index (χ0n) is 15.6. The van der Waals surface area contributed by atoms with Crippen LogP contribution in [0.3, 0.4) is 0 Å². The number of hydrogen-bond donors (Lipinski definition) is 0. The molecule has 2 aliphatic heterocycles. The van der Waals surface area contributed by atoms with Crippen LogP contribution in [-0.2, 0) is 22.6 Å². The average molecular weight is 362 g/mol. The van der Waals surface area contributed by atoms with Gasteiger partial charge in [-0.1, -0.05) is 25.1 Å². The first-order chi connectivity index (χ1) is 13.2. The van der Waals surface area contributed by atoms with E-state index in [1.54, 1.807) is 0 Å². The van der Waals surface area contributed by atoms with Gasteiger partial charge in [0.2, 0.25) is 0 Å². The van der Waals surface area contributed by atoms with E-state index in [0.29, 0.717) is 19.8 Å². The molecule has 2 unspecified atom stereocenters. The van der Waals surface area contributed by atoms with Gasteiger partial charge < -0.3 is 14.0 Å². The van der Waals surface area contributed by atoms with Crippen LogP contribution >= 0.6 is 0 Å². The van der Waals surface area contributed by atoms with Crippen LogP contribution in [-0.4, -0.2) is 22.4 Å². The van der Waals surface area contributed by atoms with Crippen molar-refractivity contribution in [3.8, 4) is 11.4 Å². The highest BCUT2D eigenvalue weighted by atomic mass is 16.7. The molecule has 5 nitrogen and oxygen atoms in total. The minimum absolute atomic E-state index is 0.0398. The van der Waals surface area contributed by atoms with Gasteiger partial charge >= 0.3 is 0 Å². The second-order valence-electron chi connectivity index (χ2n) is 7.19. The number of aromatic nitrogens is 2. The average Bonchev–Trinajstić information content (AvgIpc) is 3.04. The predicted molar refractivity (Wildman–Crippen MR) is 104 cm³/mol. The third-order valence-electron chi connectivity index (χ3n) is 5.70. The lowest BCUT2D eigenvalue weighted by Gasteiger charge is -2.32. The minimum atomic E-state index is -0.291. The molecule has 0 aliphatic carbocycles. The normalized spacial score (nSPS) is 20.4. The van der Waals surface area contributed by atoms with E-state index < -0.39 is 0 Å². The molecule has 4 heterocycles. The Labute approximate surface area is 157 Å². The van der Waals surface area contributed by atoms with Gasteiger partial charge in [0, 0.05) is 29.0 Å². The Morgan fingerprint density at radius 3 is 2.93 bits per heavy atom. The number of benzene rings is 1. The molecule has 0 amide bonds. The van der Waals surface area contributed by atoms with Crippen molar-refractivity contribution in [3.05, 3.63) is 63.4 Å². The molecule has 1 aromatic carbocycles. The van der Waals surface area contributed by atoms with E-state index in [-0.39, 0.29) is 17.8 Å². The van der Waals surface area contributed by atoms with Gasteiger partial charge in [0.25, 0.3) is 5.56 Å². The van der Waals surface area contributed by atoms with Crippen LogP contribution in [0.2, 0.25) is 0 Å². The van der Waals surface area contributed by atoms with E-state index in [2.05, 4.69) is 25.1 Å². The molecule has 0 fully saturated rings. The molecule has 0 spiro atoms. The van der Waals surface area contributed by atoms with Gasteiger partial charge in [-0.05, 0) is 37.1 Å². The largest absolute Gasteiger partial charge is 0.352 e. The molecule has 0 saturated carbocycles. The molecular formula is C22H22N2O3. The Morgan fingerprint density at radius 1 is 1.26 bits per heavy atom. The monoisotopic (exact) mass is 362 g/mol. The number of rotatable bonds is 3. The van der Waals surface area contributed by atoms with Crippen molar-refractivity contribution >= 4 is 10.9 Å². The number of nitrogens with zero attached hydrogens (tertiary/aromatic N) is 2. The zero-order chi connectivity index (χ0) is 18.5. The Morgan fingerprint density at radius 2 is 2.11 bits per heavy atom. The molecule has 5 rings (SSSR count). The van der Waals surface area contributed by atoms with Crippen LogP contribution < -0.4 is 5.56 Å². The van der Waals surface area contributed by atoms with Crippen LogP contribution in [0.15, 0.2) is 41.2 Å². The summed E-state index contributed by atoms with van der Waals surface area (Å²) in [6, 6.07) is 12.4. The molecule has 0 N–H and O–H groups in total. The lowest BCUT2D eigenvalue weighted by atomic mass is 9.89. The number of hydrogen-bond acceptors (Lipinski definition) is 4. The fourth-order valence-corrected chi connectivity index (χ4v) is 4.38. The van der Waals surface area contributed by atoms with Crippen LogP contribution in [0.4, 0.5) is 0 Å². The molecule has 0 saturated heterocycles. The maximum atomic E-state index is 13.2. The quantitative estimate of drug-likeness (QED) is 0.556. The SMILES string of the molecule is CCOC1OCc2c(cc3n(c2=O)Cc2cc4ccccc4nc2-3)C1CC. The van der Waals surface area contributed by atoms with Crippen LogP contribution in [0, 0.1) is 0 Å². The fourth-order valence-electron chi connectivity index (χ4n) is 4.38. The second-order valence-corrected chi connectivity index (χ2v) is 7.19. The molecule has 2 aromatic heterocycles. The summed E-state index contributed by atoms with van der Waals surface area (Å²) < 4.78 is 13.5. The topological polar surface area (TPSA) is 53.4 Å². The van der Waals surface area contributed by atoms with Crippen molar-refractivity contribution in [1.29, 1.82) is 0 Å². The van der Waals surface area contributed by atoms with Crippen LogP contribution in [0.5, 0.6) is 0 Å². The number of pyridine rings is 2. The third-order valence-corrected chi connectivity index (χ3v) is 5.70. The maximum Gasteiger partial charge on any atom is 0.257 e. The summed E-state index contributed by atoms with van der Waals surface area (Å²) in [6.45, 7) is 5.55. The van der Waals surface area contributed by atoms with Crippen LogP contribution in [0.25, 0.3) is 22.3 Å². The van der Waals surface area contributed by atoms with E-state index in [9.17, 15) is 4.79 Å². The Kier molecular flexibility index (Phi) is 3.88. The Hall–Kier alpha value is -2.50. The first-order valence-electron chi connectivity index (χ1n) is 9.60. The van der Waals surface area contributed by atoms with Crippen molar-refractivity contribution in [1.82, 2.24) is 9.55 Å². The maximum absolute atomic E-state index is 13.2. The molecule has 0 radical (unpaired) electrons. The first kappa shape index (κ1) is 16.7. The zero-order valence-corrected chi connectivity index (χ0v) is 15.6. The number of para-hydroxylation sites is 1. The molecule has 0 bridgehead atoms. The smallest absolute Gasteiger partial charge is 0.257 e. The van der Waals surface area contributed by atoms with E-state index >= 15 is 0 Å². The molecule has 5 heteroatoms. The van der Waals surface area contributed by atoms with Gasteiger partial charge in [-0.25, -0.2) is 4.98 Å². The van der Waals surface area contributed by atoms with Gasteiger partial charge in [-0.2, -0.15) is 0 Å². The summed E-state index contributed by atoms with van der Waals surface area (Å²) in [7, 11) is 0. The van der Waals surface area contributed by atoms with E-state index in [1.807, 2.05) is 29.7 Å². The van der Waals surface area contributed by atoms with Gasteiger partial charge in [-0.3, -0.25) is 4.79 Å². The molecule has 2 aliphatic rings. The summed E-state index contributed by atoms with van der Waals surface area (Å²) in [5, 5.41) is 1.10. The Balaban J connectivity index is 1.70. The first-order valence-corrected chi connectivity index (χ1v) is 9.60. The van der Waals surface area contributed by atoms with Crippen molar-refractivity contribution in [3.63, 3.8) is 0 Å². The highest BCUT2D eigenvalue weighted by Gasteiger charge is 2.34. The lowest BCUT2D eigenvalue weighted by Crippen LogP contribution is -2.36. The molecule has 27 heavy (non-hydrogen) atoms. The summed E-state index contributed by atoms with van der Waals surface area (Å²) >= 11 is 0. The van der Waals surface area contributed by atoms with Crippen molar-refractivity contribution in [2.75, 3.05) is 6.61 Å². The highest BCUT2D eigenvalue weighted by Crippen LogP contribution is 2.38. The standard InChI is InChI=1S/C22H22N2O3/c1-3-15-16-10-19-20-14(9-13-7-5-6-8-18(13)23-20)11-24(19)21(25)17(16)12-27-22(15)26-4-2/h5-10,15,22H,3-4,11-12H2,1-2H3. The van der Waals surface area contributed by atoms with E-state index in [0.717, 1.165) is 45.4 Å². The minimum Gasteiger partial charge on any atom is -0.352 e. The molecular weight excluding hydrogens is 340 g/mol. The number of fused-ring (bicyclic) bond motifs is 5. The highest BCUT2D eigenvalue weighted by molar-refractivity contribution is 5.84. The second kappa shape index (κ2) is 6.29. The molecule has 138 valence electrons. The van der Waals surface area contributed by atoms with Crippen molar-refractivity contribution in [2.24, 2.45) is 0 Å². The molecule has 2 atom stereocenters. The van der Waals surface area contributed by atoms with Gasteiger partial charge in [0.1, 0.15) is 0 Å². The van der Waals surface area contributed by atoms with Gasteiger partial charge in [0.15, 0.2) is 6.29 Å². The van der Waals surface area contributed by atoms with Gasteiger partial charge in [0.05, 0.1) is 30.1 Å². The summed E-state index contributed by atoms with van der Waals surface area (Å²) in [6.07, 6.45) is 0.568. The lowest BCUT2D eigenvalue weighted by molar-refractivity contribution is -0.169. The van der Waals surface area contributed by atoms with E-state index in [1.165, 1.54) is 0 Å². The van der Waals surface area contributed by atoms with Crippen molar-refractivity contribution in [2.45, 2.75) is 45.6 Å². The summed E-state index contributed by atoms with van der Waals surface area (Å²) in [5.41, 5.74) is 5.75. The van der Waals surface area contributed by atoms with Gasteiger partial charge in [-0.15, -0.1) is 0 Å². The van der Waals surface area contributed by atoms with Crippen LogP contribution in [0.1, 0.15) is 42.9 Å². The third kappa shape index (κ3) is 2.46. The predicted octanol–water partition coefficient (Wildman–Crippen LogP) is 3.81. The number of ether oxygens (including phenoxy) is 2. The molecule has 3 aromatic rings. The van der Waals surface area contributed by atoms with E-state index in [4.69, 9.17) is 14.5 Å². The summed E-state index contributed by atoms with van der Waals surface area (Å²) in [5.74, 6) is 0.0665. The summed E-state index contributed by atoms with van der Waals surface area (Å²) in [4.78, 5) is 18.1. The Bertz CT molecular complexity index is 1100.